The molecular weight excluding hydrogens is 343 g/mol. The number of ether oxygens (including phenoxy) is 1. The lowest BCUT2D eigenvalue weighted by atomic mass is 9.92. The molecular formula is C18H25FN2O3S. The Balaban J connectivity index is 1.44. The summed E-state index contributed by atoms with van der Waals surface area (Å²) in [4.78, 5) is 2.65. The van der Waals surface area contributed by atoms with Crippen LogP contribution >= 0.6 is 0 Å². The maximum atomic E-state index is 13.1. The largest absolute Gasteiger partial charge is 0.376 e. The number of piperidine rings is 1. The van der Waals surface area contributed by atoms with Crippen molar-refractivity contribution in [3.63, 3.8) is 0 Å². The Morgan fingerprint density at radius 1 is 1.08 bits per heavy atom. The molecule has 25 heavy (non-hydrogen) atoms. The van der Waals surface area contributed by atoms with Gasteiger partial charge in [-0.1, -0.05) is 6.42 Å². The zero-order valence-corrected chi connectivity index (χ0v) is 15.1. The molecule has 0 amide bonds. The molecule has 3 fully saturated rings. The third-order valence-electron chi connectivity index (χ3n) is 5.80. The van der Waals surface area contributed by atoms with Gasteiger partial charge in [-0.2, -0.15) is 4.31 Å². The number of rotatable bonds is 4. The summed E-state index contributed by atoms with van der Waals surface area (Å²) in [6.07, 6.45) is 3.82. The number of fused-ring (bicyclic) bond motifs is 1. The summed E-state index contributed by atoms with van der Waals surface area (Å²) in [5.74, 6) is 0.232. The van der Waals surface area contributed by atoms with Crippen LogP contribution in [0.4, 0.5) is 4.39 Å². The second-order valence-corrected chi connectivity index (χ2v) is 9.37. The minimum atomic E-state index is -3.58. The van der Waals surface area contributed by atoms with Gasteiger partial charge in [0.05, 0.1) is 17.6 Å². The van der Waals surface area contributed by atoms with Gasteiger partial charge in [0.15, 0.2) is 0 Å². The number of hydrogen-bond acceptors (Lipinski definition) is 4. The molecule has 1 aromatic carbocycles. The van der Waals surface area contributed by atoms with Crippen LogP contribution in [0.2, 0.25) is 0 Å². The second-order valence-electron chi connectivity index (χ2n) is 7.43. The van der Waals surface area contributed by atoms with Crippen LogP contribution in [0.25, 0.3) is 0 Å². The molecule has 0 aliphatic carbocycles. The normalized spacial score (nSPS) is 31.3. The Morgan fingerprint density at radius 3 is 2.52 bits per heavy atom. The second kappa shape index (κ2) is 6.95. The fourth-order valence-electron chi connectivity index (χ4n) is 4.38. The average molecular weight is 368 g/mol. The fourth-order valence-corrected chi connectivity index (χ4v) is 5.87. The summed E-state index contributed by atoms with van der Waals surface area (Å²) in [5, 5.41) is 0. The molecule has 0 aromatic heterocycles. The number of sulfonamides is 1. The Labute approximate surface area is 148 Å². The van der Waals surface area contributed by atoms with Gasteiger partial charge >= 0.3 is 0 Å². The van der Waals surface area contributed by atoms with E-state index in [2.05, 4.69) is 4.90 Å². The molecule has 4 rings (SSSR count). The number of benzene rings is 1. The molecule has 0 radical (unpaired) electrons. The summed E-state index contributed by atoms with van der Waals surface area (Å²) >= 11 is 0. The summed E-state index contributed by atoms with van der Waals surface area (Å²) in [5.41, 5.74) is 0. The molecule has 3 heterocycles. The lowest BCUT2D eigenvalue weighted by Crippen LogP contribution is -2.38. The van der Waals surface area contributed by atoms with Crippen molar-refractivity contribution in [1.82, 2.24) is 9.21 Å². The first kappa shape index (κ1) is 17.4. The topological polar surface area (TPSA) is 49.9 Å². The van der Waals surface area contributed by atoms with Gasteiger partial charge in [-0.15, -0.1) is 0 Å². The van der Waals surface area contributed by atoms with Crippen LogP contribution in [0, 0.1) is 17.7 Å². The highest BCUT2D eigenvalue weighted by Crippen LogP contribution is 2.36. The van der Waals surface area contributed by atoms with E-state index in [1.54, 1.807) is 0 Å². The number of likely N-dealkylation sites (tertiary alicyclic amines) is 1. The van der Waals surface area contributed by atoms with E-state index in [0.29, 0.717) is 19.0 Å². The molecule has 3 aliphatic heterocycles. The number of halogens is 1. The molecule has 0 bridgehead atoms. The molecule has 3 saturated heterocycles. The SMILES string of the molecule is O=S(=O)(c1ccc(F)cc1)N1C[C@@H]2[C@@H](CN3CCCCC3)CO[C@@H]2C1. The van der Waals surface area contributed by atoms with Crippen molar-refractivity contribution in [2.24, 2.45) is 11.8 Å². The smallest absolute Gasteiger partial charge is 0.243 e. The maximum absolute atomic E-state index is 13.1. The van der Waals surface area contributed by atoms with Gasteiger partial charge in [-0.05, 0) is 50.2 Å². The molecule has 7 heteroatoms. The summed E-state index contributed by atoms with van der Waals surface area (Å²) < 4.78 is 46.1. The molecule has 5 nitrogen and oxygen atoms in total. The van der Waals surface area contributed by atoms with Gasteiger partial charge in [0.2, 0.25) is 10.0 Å². The van der Waals surface area contributed by atoms with Crippen LogP contribution in [0.5, 0.6) is 0 Å². The van der Waals surface area contributed by atoms with Gasteiger partial charge in [-0.25, -0.2) is 12.8 Å². The van der Waals surface area contributed by atoms with Crippen molar-refractivity contribution in [2.45, 2.75) is 30.3 Å². The molecule has 0 unspecified atom stereocenters. The quantitative estimate of drug-likeness (QED) is 0.815. The van der Waals surface area contributed by atoms with Crippen molar-refractivity contribution in [2.75, 3.05) is 39.3 Å². The molecule has 0 spiro atoms. The van der Waals surface area contributed by atoms with E-state index in [-0.39, 0.29) is 16.9 Å². The van der Waals surface area contributed by atoms with E-state index in [4.69, 9.17) is 4.74 Å². The summed E-state index contributed by atoms with van der Waals surface area (Å²) in [6, 6.07) is 5.06. The van der Waals surface area contributed by atoms with Crippen molar-refractivity contribution in [1.29, 1.82) is 0 Å². The van der Waals surface area contributed by atoms with E-state index >= 15 is 0 Å². The monoisotopic (exact) mass is 368 g/mol. The molecule has 0 saturated carbocycles. The summed E-state index contributed by atoms with van der Waals surface area (Å²) in [6.45, 7) is 4.93. The molecule has 3 atom stereocenters. The van der Waals surface area contributed by atoms with Crippen LogP contribution in [0.3, 0.4) is 0 Å². The van der Waals surface area contributed by atoms with Crippen molar-refractivity contribution < 1.29 is 17.5 Å². The van der Waals surface area contributed by atoms with Gasteiger partial charge in [0, 0.05) is 31.5 Å². The predicted molar refractivity (Wildman–Crippen MR) is 92.2 cm³/mol. The minimum absolute atomic E-state index is 0.00925. The van der Waals surface area contributed by atoms with Crippen LogP contribution < -0.4 is 0 Å². The Kier molecular flexibility index (Phi) is 4.83. The van der Waals surface area contributed by atoms with Gasteiger partial charge < -0.3 is 9.64 Å². The third kappa shape index (κ3) is 3.47. The molecule has 1 aromatic rings. The lowest BCUT2D eigenvalue weighted by molar-refractivity contribution is 0.0990. The summed E-state index contributed by atoms with van der Waals surface area (Å²) in [7, 11) is -3.58. The number of nitrogens with zero attached hydrogens (tertiary/aromatic N) is 2. The van der Waals surface area contributed by atoms with Gasteiger partial charge in [0.1, 0.15) is 5.82 Å². The van der Waals surface area contributed by atoms with Crippen molar-refractivity contribution in [3.05, 3.63) is 30.1 Å². The van der Waals surface area contributed by atoms with E-state index < -0.39 is 15.8 Å². The zero-order chi connectivity index (χ0) is 17.4. The Morgan fingerprint density at radius 2 is 1.80 bits per heavy atom. The van der Waals surface area contributed by atoms with Crippen molar-refractivity contribution >= 4 is 10.0 Å². The van der Waals surface area contributed by atoms with E-state index in [9.17, 15) is 12.8 Å². The van der Waals surface area contributed by atoms with Crippen LogP contribution in [-0.4, -0.2) is 63.1 Å². The minimum Gasteiger partial charge on any atom is -0.376 e. The fraction of sp³-hybridized carbons (Fsp3) is 0.667. The predicted octanol–water partition coefficient (Wildman–Crippen LogP) is 1.95. The first-order valence-corrected chi connectivity index (χ1v) is 10.6. The lowest BCUT2D eigenvalue weighted by Gasteiger charge is -2.30. The molecule has 3 aliphatic rings. The first-order chi connectivity index (χ1) is 12.0. The maximum Gasteiger partial charge on any atom is 0.243 e. The Hall–Kier alpha value is -1.02. The zero-order valence-electron chi connectivity index (χ0n) is 14.3. The van der Waals surface area contributed by atoms with Crippen LogP contribution in [0.15, 0.2) is 29.2 Å². The highest BCUT2D eigenvalue weighted by atomic mass is 32.2. The Bertz CT molecular complexity index is 704. The van der Waals surface area contributed by atoms with Gasteiger partial charge in [-0.3, -0.25) is 0 Å². The number of hydrogen-bond donors (Lipinski definition) is 0. The molecule has 0 N–H and O–H groups in total. The van der Waals surface area contributed by atoms with E-state index in [1.165, 1.54) is 47.8 Å². The standard InChI is InChI=1S/C18H25FN2O3S/c19-15-4-6-16(7-5-15)25(22,23)21-11-17-14(13-24-18(17)12-21)10-20-8-2-1-3-9-20/h4-7,14,17-18H,1-3,8-13H2/t14-,17+,18+/m0/s1. The van der Waals surface area contributed by atoms with Gasteiger partial charge in [0.25, 0.3) is 0 Å². The van der Waals surface area contributed by atoms with Crippen molar-refractivity contribution in [3.8, 4) is 0 Å². The highest BCUT2D eigenvalue weighted by molar-refractivity contribution is 7.89. The van der Waals surface area contributed by atoms with E-state index in [0.717, 1.165) is 26.2 Å². The average Bonchev–Trinajstić information content (AvgIpc) is 3.19. The van der Waals surface area contributed by atoms with Crippen LogP contribution in [0.1, 0.15) is 19.3 Å². The van der Waals surface area contributed by atoms with Crippen LogP contribution in [-0.2, 0) is 14.8 Å². The highest BCUT2D eigenvalue weighted by Gasteiger charge is 2.47. The first-order valence-electron chi connectivity index (χ1n) is 9.14. The third-order valence-corrected chi connectivity index (χ3v) is 7.64. The molecule has 138 valence electrons. The van der Waals surface area contributed by atoms with E-state index in [1.807, 2.05) is 0 Å².